The van der Waals surface area contributed by atoms with E-state index in [9.17, 15) is 14.7 Å². The van der Waals surface area contributed by atoms with Crippen LogP contribution in [0.25, 0.3) is 0 Å². The van der Waals surface area contributed by atoms with Crippen LogP contribution in [0.5, 0.6) is 0 Å². The molecule has 27 heavy (non-hydrogen) atoms. The molecule has 1 aliphatic carbocycles. The van der Waals surface area contributed by atoms with Gasteiger partial charge in [0.25, 0.3) is 0 Å². The smallest absolute Gasteiger partial charge is 0.334 e. The number of rotatable bonds is 2. The fraction of sp³-hybridized carbons (Fsp3) is 0.600. The highest BCUT2D eigenvalue weighted by Gasteiger charge is 2.70. The Kier molecular flexibility index (Phi) is 4.10. The van der Waals surface area contributed by atoms with E-state index in [2.05, 4.69) is 13.2 Å². The van der Waals surface area contributed by atoms with Crippen LogP contribution >= 0.6 is 0 Å². The number of aliphatic hydroxyl groups excluding tert-OH is 1. The molecule has 146 valence electrons. The van der Waals surface area contributed by atoms with E-state index in [0.29, 0.717) is 11.1 Å². The van der Waals surface area contributed by atoms with Crippen LogP contribution in [0.3, 0.4) is 0 Å². The number of ether oxygens (including phenoxy) is 4. The average Bonchev–Trinajstić information content (AvgIpc) is 3.22. The zero-order chi connectivity index (χ0) is 19.7. The molecule has 1 N–H and O–H groups in total. The fourth-order valence-electron chi connectivity index (χ4n) is 4.90. The van der Waals surface area contributed by atoms with Crippen LogP contribution in [0.4, 0.5) is 0 Å². The van der Waals surface area contributed by atoms with Gasteiger partial charge in [-0.3, -0.25) is 0 Å². The molecule has 3 heterocycles. The molecule has 2 bridgehead atoms. The van der Waals surface area contributed by atoms with Crippen molar-refractivity contribution >= 4 is 11.9 Å². The van der Waals surface area contributed by atoms with Crippen molar-refractivity contribution in [2.24, 2.45) is 17.3 Å². The molecule has 1 saturated carbocycles. The fourth-order valence-corrected chi connectivity index (χ4v) is 4.90. The van der Waals surface area contributed by atoms with Crippen LogP contribution < -0.4 is 0 Å². The number of allylic oxidation sites excluding steroid dienone is 1. The van der Waals surface area contributed by atoms with E-state index in [0.717, 1.165) is 0 Å². The summed E-state index contributed by atoms with van der Waals surface area (Å²) in [5.41, 5.74) is 0.355. The van der Waals surface area contributed by atoms with Gasteiger partial charge in [0.15, 0.2) is 6.29 Å². The second-order valence-corrected chi connectivity index (χ2v) is 7.92. The summed E-state index contributed by atoms with van der Waals surface area (Å²) in [6.07, 6.45) is -2.03. The van der Waals surface area contributed by atoms with E-state index >= 15 is 0 Å². The quantitative estimate of drug-likeness (QED) is 0.441. The van der Waals surface area contributed by atoms with Crippen LogP contribution in [-0.2, 0) is 28.5 Å². The van der Waals surface area contributed by atoms with E-state index in [-0.39, 0.29) is 12.2 Å². The molecule has 3 saturated heterocycles. The summed E-state index contributed by atoms with van der Waals surface area (Å²) < 4.78 is 22.8. The maximum Gasteiger partial charge on any atom is 0.334 e. The Bertz CT molecular complexity index is 768. The predicted molar refractivity (Wildman–Crippen MR) is 93.2 cm³/mol. The molecular weight excluding hydrogens is 352 g/mol. The second kappa shape index (κ2) is 6.02. The molecule has 7 nitrogen and oxygen atoms in total. The maximum atomic E-state index is 12.6. The third-order valence-electron chi connectivity index (χ3n) is 6.64. The standard InChI is InChI=1S/C20H24O7/c1-6-8(2)17(22)26-14-12-9(3)18(23)27-15(12)16(21)20(5)11-7-24-19(25-11)10(4)13(14)20/h6,11-16,19,21H,3-4,7H2,1-2,5H3/b8-6-/t11-,12-,13-,14-,15-,16-,19-,20-/m0/s1. The molecule has 8 atom stereocenters. The van der Waals surface area contributed by atoms with Crippen molar-refractivity contribution in [2.75, 3.05) is 6.61 Å². The number of hydrogen-bond acceptors (Lipinski definition) is 7. The van der Waals surface area contributed by atoms with Gasteiger partial charge in [0.2, 0.25) is 0 Å². The lowest BCUT2D eigenvalue weighted by Gasteiger charge is -2.56. The normalized spacial score (nSPS) is 46.0. The Morgan fingerprint density at radius 3 is 2.78 bits per heavy atom. The van der Waals surface area contributed by atoms with Gasteiger partial charge in [0.1, 0.15) is 18.3 Å². The van der Waals surface area contributed by atoms with Crippen molar-refractivity contribution in [3.63, 3.8) is 0 Å². The number of carbonyl (C=O) groups excluding carboxylic acids is 2. The highest BCUT2D eigenvalue weighted by Crippen LogP contribution is 2.59. The van der Waals surface area contributed by atoms with Crippen molar-refractivity contribution < 1.29 is 33.6 Å². The van der Waals surface area contributed by atoms with Gasteiger partial charge in [-0.25, -0.2) is 9.59 Å². The highest BCUT2D eigenvalue weighted by molar-refractivity contribution is 5.92. The van der Waals surface area contributed by atoms with E-state index in [1.165, 1.54) is 0 Å². The monoisotopic (exact) mass is 376 g/mol. The summed E-state index contributed by atoms with van der Waals surface area (Å²) in [6, 6.07) is 0. The minimum absolute atomic E-state index is 0.199. The van der Waals surface area contributed by atoms with Crippen molar-refractivity contribution in [1.29, 1.82) is 0 Å². The van der Waals surface area contributed by atoms with E-state index in [1.54, 1.807) is 19.9 Å². The summed E-state index contributed by atoms with van der Waals surface area (Å²) in [5.74, 6) is -2.17. The zero-order valence-corrected chi connectivity index (χ0v) is 15.6. The number of carbonyl (C=O) groups is 2. The lowest BCUT2D eigenvalue weighted by Crippen LogP contribution is -2.67. The SMILES string of the molecule is C=C1C(=O)O[C@H]2[C@@H]1[C@H](OC(=O)/C(C)=C\C)[C@@H]1C(=C)[C@H]3OC[C@H](O3)[C@]1(C)[C@H]2O. The molecule has 3 aliphatic heterocycles. The van der Waals surface area contributed by atoms with Crippen molar-refractivity contribution in [1.82, 2.24) is 0 Å². The first-order valence-electron chi connectivity index (χ1n) is 9.09. The molecule has 0 unspecified atom stereocenters. The van der Waals surface area contributed by atoms with Crippen molar-refractivity contribution in [3.05, 3.63) is 36.0 Å². The molecule has 0 amide bonds. The summed E-state index contributed by atoms with van der Waals surface area (Å²) in [7, 11) is 0. The Morgan fingerprint density at radius 1 is 1.41 bits per heavy atom. The van der Waals surface area contributed by atoms with Crippen LogP contribution in [0, 0.1) is 17.3 Å². The Hall–Kier alpha value is -1.96. The summed E-state index contributed by atoms with van der Waals surface area (Å²) in [5, 5.41) is 11.2. The van der Waals surface area contributed by atoms with Gasteiger partial charge in [0.05, 0.1) is 18.6 Å². The summed E-state index contributed by atoms with van der Waals surface area (Å²) in [6.45, 7) is 13.5. The van der Waals surface area contributed by atoms with E-state index in [1.807, 2.05) is 6.92 Å². The summed E-state index contributed by atoms with van der Waals surface area (Å²) >= 11 is 0. The molecular formula is C20H24O7. The molecule has 4 rings (SSSR count). The van der Waals surface area contributed by atoms with Gasteiger partial charge < -0.3 is 24.1 Å². The minimum Gasteiger partial charge on any atom is -0.458 e. The Morgan fingerprint density at radius 2 is 2.11 bits per heavy atom. The van der Waals surface area contributed by atoms with Crippen LogP contribution in [-0.4, -0.2) is 54.4 Å². The van der Waals surface area contributed by atoms with Gasteiger partial charge in [-0.05, 0) is 19.4 Å². The second-order valence-electron chi connectivity index (χ2n) is 7.92. The number of esters is 2. The first-order valence-corrected chi connectivity index (χ1v) is 9.09. The van der Waals surface area contributed by atoms with Gasteiger partial charge in [0, 0.05) is 22.5 Å². The van der Waals surface area contributed by atoms with E-state index < -0.39 is 59.9 Å². The van der Waals surface area contributed by atoms with Crippen LogP contribution in [0.1, 0.15) is 20.8 Å². The van der Waals surface area contributed by atoms with Gasteiger partial charge >= 0.3 is 11.9 Å². The third kappa shape index (κ3) is 2.31. The molecule has 0 aromatic carbocycles. The zero-order valence-electron chi connectivity index (χ0n) is 15.6. The first-order chi connectivity index (χ1) is 12.7. The Balaban J connectivity index is 1.82. The average molecular weight is 376 g/mol. The summed E-state index contributed by atoms with van der Waals surface area (Å²) in [4.78, 5) is 24.8. The van der Waals surface area contributed by atoms with Gasteiger partial charge in [-0.15, -0.1) is 0 Å². The van der Waals surface area contributed by atoms with Gasteiger partial charge in [-0.2, -0.15) is 0 Å². The van der Waals surface area contributed by atoms with Crippen molar-refractivity contribution in [2.45, 2.75) is 51.5 Å². The molecule has 4 aliphatic rings. The first kappa shape index (κ1) is 18.4. The molecule has 0 radical (unpaired) electrons. The molecule has 0 spiro atoms. The lowest BCUT2D eigenvalue weighted by atomic mass is 9.54. The minimum atomic E-state index is -1.03. The van der Waals surface area contributed by atoms with E-state index in [4.69, 9.17) is 18.9 Å². The molecule has 0 aromatic rings. The predicted octanol–water partition coefficient (Wildman–Crippen LogP) is 1.27. The Labute approximate surface area is 157 Å². The number of fused-ring (bicyclic) bond motifs is 5. The molecule has 0 aromatic heterocycles. The van der Waals surface area contributed by atoms with Crippen LogP contribution in [0.2, 0.25) is 0 Å². The molecule has 4 fully saturated rings. The van der Waals surface area contributed by atoms with Crippen LogP contribution in [0.15, 0.2) is 36.0 Å². The third-order valence-corrected chi connectivity index (χ3v) is 6.64. The van der Waals surface area contributed by atoms with Gasteiger partial charge in [-0.1, -0.05) is 26.2 Å². The topological polar surface area (TPSA) is 91.3 Å². The highest BCUT2D eigenvalue weighted by atomic mass is 16.7. The number of hydrogen-bond donors (Lipinski definition) is 1. The largest absolute Gasteiger partial charge is 0.458 e. The number of aliphatic hydroxyl groups is 1. The lowest BCUT2D eigenvalue weighted by molar-refractivity contribution is -0.234. The van der Waals surface area contributed by atoms with Crippen molar-refractivity contribution in [3.8, 4) is 0 Å². The maximum absolute atomic E-state index is 12.6. The molecule has 7 heteroatoms.